The monoisotopic (exact) mass is 617 g/mol. The molecule has 7 nitrogen and oxygen atoms in total. The van der Waals surface area contributed by atoms with Gasteiger partial charge in [-0.2, -0.15) is 0 Å². The second kappa shape index (κ2) is 14.4. The van der Waals surface area contributed by atoms with Gasteiger partial charge in [-0.15, -0.1) is 0 Å². The molecule has 1 N–H and O–H groups in total. The van der Waals surface area contributed by atoms with E-state index in [2.05, 4.69) is 5.32 Å². The summed E-state index contributed by atoms with van der Waals surface area (Å²) in [6, 6.07) is 30.5. The van der Waals surface area contributed by atoms with Crippen LogP contribution in [0.2, 0.25) is 5.02 Å². The quantitative estimate of drug-likeness (QED) is 0.211. The third kappa shape index (κ3) is 8.24. The van der Waals surface area contributed by atoms with E-state index in [1.807, 2.05) is 50.2 Å². The molecule has 0 aliphatic heterocycles. The summed E-state index contributed by atoms with van der Waals surface area (Å²) in [4.78, 5) is 29.7. The summed E-state index contributed by atoms with van der Waals surface area (Å²) in [6.07, 6.45) is 0.245. The minimum atomic E-state index is -4.14. The molecule has 0 heterocycles. The third-order valence-corrected chi connectivity index (χ3v) is 8.99. The molecule has 0 aliphatic rings. The number of para-hydroxylation sites is 1. The number of aryl methyl sites for hydroxylation is 1. The van der Waals surface area contributed by atoms with Crippen LogP contribution in [0.25, 0.3) is 0 Å². The van der Waals surface area contributed by atoms with Crippen LogP contribution in [0, 0.1) is 6.92 Å². The molecule has 4 aromatic rings. The Hall–Kier alpha value is -4.14. The number of amides is 2. The largest absolute Gasteiger partial charge is 0.352 e. The number of halogens is 1. The van der Waals surface area contributed by atoms with Gasteiger partial charge in [0.1, 0.15) is 12.6 Å². The van der Waals surface area contributed by atoms with Crippen LogP contribution in [0.15, 0.2) is 114 Å². The number of hydrogen-bond acceptors (Lipinski definition) is 4. The number of benzene rings is 4. The van der Waals surface area contributed by atoms with Crippen molar-refractivity contribution in [2.75, 3.05) is 10.8 Å². The molecule has 4 aromatic carbocycles. The van der Waals surface area contributed by atoms with Crippen molar-refractivity contribution in [1.29, 1.82) is 0 Å². The number of sulfonamides is 1. The van der Waals surface area contributed by atoms with Gasteiger partial charge in [-0.1, -0.05) is 90.5 Å². The number of hydrogen-bond donors (Lipinski definition) is 1. The molecule has 0 fully saturated rings. The van der Waals surface area contributed by atoms with E-state index in [4.69, 9.17) is 11.6 Å². The summed E-state index contributed by atoms with van der Waals surface area (Å²) in [6.45, 7) is 5.08. The van der Waals surface area contributed by atoms with Gasteiger partial charge in [-0.3, -0.25) is 13.9 Å². The van der Waals surface area contributed by atoms with Gasteiger partial charge in [0.25, 0.3) is 10.0 Å². The Kier molecular flexibility index (Phi) is 10.6. The highest BCUT2D eigenvalue weighted by Gasteiger charge is 2.35. The summed E-state index contributed by atoms with van der Waals surface area (Å²) in [7, 11) is -4.14. The molecule has 0 bridgehead atoms. The van der Waals surface area contributed by atoms with Crippen molar-refractivity contribution in [1.82, 2.24) is 10.2 Å². The maximum absolute atomic E-state index is 14.4. The van der Waals surface area contributed by atoms with E-state index in [0.717, 1.165) is 15.4 Å². The average molecular weight is 618 g/mol. The van der Waals surface area contributed by atoms with Gasteiger partial charge in [0.05, 0.1) is 10.6 Å². The molecule has 0 unspecified atom stereocenters. The standard InChI is InChI=1S/C34H36ClN3O4S/c1-25(2)36-34(40)32(22-27-13-6-4-7-14-27)37(23-28-18-20-29(35)21-19-28)33(39)24-38(31-17-11-10-12-26(31)3)43(41,42)30-15-8-5-9-16-30/h4-21,25,32H,22-24H2,1-3H3,(H,36,40)/t32-/m1/s1. The van der Waals surface area contributed by atoms with Crippen molar-refractivity contribution in [2.45, 2.75) is 50.7 Å². The lowest BCUT2D eigenvalue weighted by molar-refractivity contribution is -0.140. The zero-order valence-electron chi connectivity index (χ0n) is 24.5. The van der Waals surface area contributed by atoms with E-state index in [1.54, 1.807) is 67.6 Å². The molecule has 224 valence electrons. The molecule has 9 heteroatoms. The van der Waals surface area contributed by atoms with E-state index < -0.39 is 28.5 Å². The SMILES string of the molecule is Cc1ccccc1N(CC(=O)N(Cc1ccc(Cl)cc1)[C@H](Cc1ccccc1)C(=O)NC(C)C)S(=O)(=O)c1ccccc1. The van der Waals surface area contributed by atoms with Gasteiger partial charge in [0, 0.05) is 24.0 Å². The van der Waals surface area contributed by atoms with Crippen LogP contribution in [0.5, 0.6) is 0 Å². The van der Waals surface area contributed by atoms with Crippen molar-refractivity contribution < 1.29 is 18.0 Å². The summed E-state index contributed by atoms with van der Waals surface area (Å²) in [5, 5.41) is 3.50. The average Bonchev–Trinajstić information content (AvgIpc) is 2.99. The van der Waals surface area contributed by atoms with Gasteiger partial charge in [-0.25, -0.2) is 8.42 Å². The highest BCUT2D eigenvalue weighted by molar-refractivity contribution is 7.92. The van der Waals surface area contributed by atoms with Gasteiger partial charge >= 0.3 is 0 Å². The van der Waals surface area contributed by atoms with Crippen molar-refractivity contribution in [2.24, 2.45) is 0 Å². The van der Waals surface area contributed by atoms with Crippen molar-refractivity contribution in [3.05, 3.63) is 131 Å². The number of nitrogens with zero attached hydrogens (tertiary/aromatic N) is 2. The molecule has 0 aliphatic carbocycles. The fraction of sp³-hybridized carbons (Fsp3) is 0.235. The Morgan fingerprint density at radius 2 is 1.37 bits per heavy atom. The minimum Gasteiger partial charge on any atom is -0.352 e. The Bertz CT molecular complexity index is 1630. The highest BCUT2D eigenvalue weighted by atomic mass is 35.5. The van der Waals surface area contributed by atoms with E-state index >= 15 is 0 Å². The fourth-order valence-corrected chi connectivity index (χ4v) is 6.42. The molecule has 4 rings (SSSR count). The topological polar surface area (TPSA) is 86.8 Å². The van der Waals surface area contributed by atoms with Crippen LogP contribution in [0.4, 0.5) is 5.69 Å². The second-order valence-electron chi connectivity index (χ2n) is 10.6. The molecule has 0 spiro atoms. The first-order valence-corrected chi connectivity index (χ1v) is 15.9. The van der Waals surface area contributed by atoms with Crippen LogP contribution >= 0.6 is 11.6 Å². The molecule has 0 aromatic heterocycles. The van der Waals surface area contributed by atoms with Crippen molar-refractivity contribution in [3.8, 4) is 0 Å². The van der Waals surface area contributed by atoms with E-state index in [0.29, 0.717) is 16.3 Å². The van der Waals surface area contributed by atoms with Crippen LogP contribution < -0.4 is 9.62 Å². The summed E-state index contributed by atoms with van der Waals surface area (Å²) in [5.74, 6) is -0.841. The van der Waals surface area contributed by atoms with E-state index in [9.17, 15) is 18.0 Å². The summed E-state index contributed by atoms with van der Waals surface area (Å²) >= 11 is 6.13. The minimum absolute atomic E-state index is 0.0636. The Balaban J connectivity index is 1.80. The molecule has 0 saturated carbocycles. The zero-order chi connectivity index (χ0) is 31.0. The maximum Gasteiger partial charge on any atom is 0.264 e. The van der Waals surface area contributed by atoms with Crippen LogP contribution in [0.1, 0.15) is 30.5 Å². The maximum atomic E-state index is 14.4. The lowest BCUT2D eigenvalue weighted by Crippen LogP contribution is -2.54. The summed E-state index contributed by atoms with van der Waals surface area (Å²) in [5.41, 5.74) is 2.70. The van der Waals surface area contributed by atoms with Crippen molar-refractivity contribution in [3.63, 3.8) is 0 Å². The highest BCUT2D eigenvalue weighted by Crippen LogP contribution is 2.27. The Labute approximate surface area is 259 Å². The van der Waals surface area contributed by atoms with E-state index in [-0.39, 0.29) is 29.8 Å². The molecule has 2 amide bonds. The third-order valence-electron chi connectivity index (χ3n) is 6.96. The normalized spacial score (nSPS) is 12.0. The van der Waals surface area contributed by atoms with Crippen LogP contribution in [0.3, 0.4) is 0 Å². The van der Waals surface area contributed by atoms with Gasteiger partial charge in [0.2, 0.25) is 11.8 Å². The molecule has 1 atom stereocenters. The number of nitrogens with one attached hydrogen (secondary N) is 1. The number of carbonyl (C=O) groups is 2. The Morgan fingerprint density at radius 1 is 0.791 bits per heavy atom. The predicted octanol–water partition coefficient (Wildman–Crippen LogP) is 6.01. The molecule has 43 heavy (non-hydrogen) atoms. The summed E-state index contributed by atoms with van der Waals surface area (Å²) < 4.78 is 29.2. The van der Waals surface area contributed by atoms with Gasteiger partial charge in [0.15, 0.2) is 0 Å². The predicted molar refractivity (Wildman–Crippen MR) is 171 cm³/mol. The first-order valence-electron chi connectivity index (χ1n) is 14.1. The van der Waals surface area contributed by atoms with Gasteiger partial charge < -0.3 is 10.2 Å². The molecule has 0 saturated heterocycles. The lowest BCUT2D eigenvalue weighted by atomic mass is 10.0. The number of rotatable bonds is 12. The molecular weight excluding hydrogens is 582 g/mol. The first-order chi connectivity index (χ1) is 20.6. The Morgan fingerprint density at radius 3 is 1.98 bits per heavy atom. The molecule has 0 radical (unpaired) electrons. The zero-order valence-corrected chi connectivity index (χ0v) is 26.1. The van der Waals surface area contributed by atoms with Crippen LogP contribution in [-0.4, -0.2) is 43.8 Å². The first kappa shape index (κ1) is 31.8. The fourth-order valence-electron chi connectivity index (χ4n) is 4.80. The van der Waals surface area contributed by atoms with Crippen LogP contribution in [-0.2, 0) is 32.6 Å². The lowest BCUT2D eigenvalue weighted by Gasteiger charge is -2.34. The van der Waals surface area contributed by atoms with Gasteiger partial charge in [-0.05, 0) is 67.8 Å². The van der Waals surface area contributed by atoms with Crippen molar-refractivity contribution >= 4 is 39.1 Å². The molecular formula is C34H36ClN3O4S. The number of carbonyl (C=O) groups excluding carboxylic acids is 2. The van der Waals surface area contributed by atoms with E-state index in [1.165, 1.54) is 17.0 Å². The second-order valence-corrected chi connectivity index (χ2v) is 12.9. The number of anilines is 1. The smallest absolute Gasteiger partial charge is 0.264 e.